The molecule has 0 aliphatic carbocycles. The highest BCUT2D eigenvalue weighted by Gasteiger charge is 2.46. The molecule has 30 heavy (non-hydrogen) atoms. The van der Waals surface area contributed by atoms with Crippen LogP contribution in [0.3, 0.4) is 0 Å². The zero-order chi connectivity index (χ0) is 20.4. The Bertz CT molecular complexity index is 848. The van der Waals surface area contributed by atoms with E-state index in [1.807, 2.05) is 0 Å². The third-order valence-corrected chi connectivity index (χ3v) is 6.71. The van der Waals surface area contributed by atoms with Crippen molar-refractivity contribution in [2.24, 2.45) is 0 Å². The minimum Gasteiger partial charge on any atom is -0.392 e. The van der Waals surface area contributed by atoms with Gasteiger partial charge in [0.1, 0.15) is 5.60 Å². The van der Waals surface area contributed by atoms with Crippen LogP contribution in [-0.2, 0) is 10.3 Å². The first-order chi connectivity index (χ1) is 14.8. The number of ether oxygens (including phenoxy) is 1. The third kappa shape index (κ3) is 3.47. The van der Waals surface area contributed by atoms with E-state index < -0.39 is 5.60 Å². The molecular weight excluding hydrogens is 370 g/mol. The van der Waals surface area contributed by atoms with Crippen molar-refractivity contribution in [2.45, 2.75) is 43.1 Å². The van der Waals surface area contributed by atoms with Crippen LogP contribution in [-0.4, -0.2) is 41.3 Å². The highest BCUT2D eigenvalue weighted by molar-refractivity contribution is 5.47. The lowest BCUT2D eigenvalue weighted by atomic mass is 9.79. The Balaban J connectivity index is 1.63. The topological polar surface area (TPSA) is 32.7 Å². The van der Waals surface area contributed by atoms with Crippen LogP contribution < -0.4 is 0 Å². The van der Waals surface area contributed by atoms with E-state index in [2.05, 4.69) is 95.9 Å². The molecule has 3 atom stereocenters. The van der Waals surface area contributed by atoms with Crippen LogP contribution in [0.4, 0.5) is 0 Å². The van der Waals surface area contributed by atoms with Crippen LogP contribution in [0.1, 0.15) is 36.0 Å². The molecule has 5 rings (SSSR count). The number of hydrogen-bond donors (Lipinski definition) is 1. The Morgan fingerprint density at radius 2 is 1.20 bits per heavy atom. The van der Waals surface area contributed by atoms with Gasteiger partial charge in [-0.3, -0.25) is 4.90 Å². The summed E-state index contributed by atoms with van der Waals surface area (Å²) in [7, 11) is 0. The fourth-order valence-electron chi connectivity index (χ4n) is 5.29. The fraction of sp³-hybridized carbons (Fsp3) is 0.333. The summed E-state index contributed by atoms with van der Waals surface area (Å²) in [5.74, 6) is 0. The first-order valence-corrected chi connectivity index (χ1v) is 11.0. The standard InChI is InChI=1S/C27H29NO2/c29-24-16-17-25-26(18-19-28(25)20-24)30-27(21-10-4-1-5-11-21,22-12-6-2-7-13-22)23-14-8-3-9-15-23/h1-15,24-26,29H,16-20H2/t24-,25+,26+/m1/s1. The molecule has 0 unspecified atom stereocenters. The minimum absolute atomic E-state index is 0.123. The van der Waals surface area contributed by atoms with Gasteiger partial charge in [-0.15, -0.1) is 0 Å². The van der Waals surface area contributed by atoms with Gasteiger partial charge in [-0.1, -0.05) is 91.0 Å². The molecule has 2 aliphatic rings. The first-order valence-electron chi connectivity index (χ1n) is 11.0. The highest BCUT2D eigenvalue weighted by Crippen LogP contribution is 2.44. The van der Waals surface area contributed by atoms with Crippen LogP contribution in [0.15, 0.2) is 91.0 Å². The predicted octanol–water partition coefficient (Wildman–Crippen LogP) is 4.59. The number of rotatable bonds is 5. The summed E-state index contributed by atoms with van der Waals surface area (Å²) >= 11 is 0. The second-order valence-electron chi connectivity index (χ2n) is 8.52. The number of fused-ring (bicyclic) bond motifs is 1. The van der Waals surface area contributed by atoms with Crippen molar-refractivity contribution in [1.29, 1.82) is 0 Å². The highest BCUT2D eigenvalue weighted by atomic mass is 16.5. The van der Waals surface area contributed by atoms with E-state index >= 15 is 0 Å². The number of aliphatic hydroxyl groups excluding tert-OH is 1. The van der Waals surface area contributed by atoms with E-state index in [0.717, 1.165) is 49.0 Å². The van der Waals surface area contributed by atoms with Gasteiger partial charge in [0.2, 0.25) is 0 Å². The molecule has 3 aromatic carbocycles. The zero-order valence-electron chi connectivity index (χ0n) is 17.2. The lowest BCUT2D eigenvalue weighted by Gasteiger charge is -2.41. The molecule has 0 amide bonds. The van der Waals surface area contributed by atoms with Gasteiger partial charge in [0, 0.05) is 19.1 Å². The molecule has 3 nitrogen and oxygen atoms in total. The largest absolute Gasteiger partial charge is 0.392 e. The Morgan fingerprint density at radius 1 is 0.700 bits per heavy atom. The van der Waals surface area contributed by atoms with Crippen molar-refractivity contribution < 1.29 is 9.84 Å². The smallest absolute Gasteiger partial charge is 0.144 e. The normalized spacial score (nSPS) is 24.5. The number of nitrogens with zero attached hydrogens (tertiary/aromatic N) is 1. The summed E-state index contributed by atoms with van der Waals surface area (Å²) in [6.07, 6.45) is 2.75. The van der Waals surface area contributed by atoms with E-state index in [9.17, 15) is 5.11 Å². The molecule has 2 aliphatic heterocycles. The average molecular weight is 400 g/mol. The van der Waals surface area contributed by atoms with Gasteiger partial charge in [-0.05, 0) is 36.0 Å². The monoisotopic (exact) mass is 399 g/mol. The molecule has 0 aromatic heterocycles. The molecule has 154 valence electrons. The fourth-order valence-corrected chi connectivity index (χ4v) is 5.29. The second-order valence-corrected chi connectivity index (χ2v) is 8.52. The van der Waals surface area contributed by atoms with Crippen molar-refractivity contribution in [1.82, 2.24) is 4.90 Å². The van der Waals surface area contributed by atoms with E-state index in [-0.39, 0.29) is 12.2 Å². The second kappa shape index (κ2) is 8.35. The summed E-state index contributed by atoms with van der Waals surface area (Å²) in [6.45, 7) is 1.75. The predicted molar refractivity (Wildman–Crippen MR) is 119 cm³/mol. The molecule has 0 spiro atoms. The average Bonchev–Trinajstić information content (AvgIpc) is 3.20. The summed E-state index contributed by atoms with van der Waals surface area (Å²) < 4.78 is 7.24. The maximum Gasteiger partial charge on any atom is 0.144 e. The van der Waals surface area contributed by atoms with Crippen molar-refractivity contribution in [3.63, 3.8) is 0 Å². The SMILES string of the molecule is O[C@@H]1CC[C@H]2[C@@H](OC(c3ccccc3)(c3ccccc3)c3ccccc3)CCN2C1. The van der Waals surface area contributed by atoms with Crippen molar-refractivity contribution in [3.05, 3.63) is 108 Å². The van der Waals surface area contributed by atoms with E-state index in [1.165, 1.54) is 0 Å². The molecule has 3 aromatic rings. The van der Waals surface area contributed by atoms with Gasteiger partial charge in [-0.25, -0.2) is 0 Å². The molecule has 0 radical (unpaired) electrons. The first kappa shape index (κ1) is 19.5. The lowest BCUT2D eigenvalue weighted by molar-refractivity contribution is -0.0738. The molecule has 2 saturated heterocycles. The summed E-state index contributed by atoms with van der Waals surface area (Å²) in [4.78, 5) is 2.42. The van der Waals surface area contributed by atoms with E-state index in [4.69, 9.17) is 4.74 Å². The van der Waals surface area contributed by atoms with Crippen molar-refractivity contribution in [2.75, 3.05) is 13.1 Å². The molecule has 0 bridgehead atoms. The van der Waals surface area contributed by atoms with Gasteiger partial charge >= 0.3 is 0 Å². The van der Waals surface area contributed by atoms with Gasteiger partial charge in [0.15, 0.2) is 0 Å². The number of aliphatic hydroxyl groups is 1. The van der Waals surface area contributed by atoms with Crippen LogP contribution in [0.5, 0.6) is 0 Å². The van der Waals surface area contributed by atoms with Gasteiger partial charge in [-0.2, -0.15) is 0 Å². The van der Waals surface area contributed by atoms with Gasteiger partial charge < -0.3 is 9.84 Å². The maximum absolute atomic E-state index is 10.1. The molecular formula is C27H29NO2. The van der Waals surface area contributed by atoms with Crippen LogP contribution in [0, 0.1) is 0 Å². The number of piperidine rings is 1. The summed E-state index contributed by atoms with van der Waals surface area (Å²) in [6, 6.07) is 32.2. The maximum atomic E-state index is 10.1. The quantitative estimate of drug-likeness (QED) is 0.637. The molecule has 0 saturated carbocycles. The summed E-state index contributed by atoms with van der Waals surface area (Å²) in [5.41, 5.74) is 2.78. The zero-order valence-corrected chi connectivity index (χ0v) is 17.2. The van der Waals surface area contributed by atoms with E-state index in [1.54, 1.807) is 0 Å². The van der Waals surface area contributed by atoms with Crippen LogP contribution >= 0.6 is 0 Å². The minimum atomic E-state index is -0.666. The molecule has 3 heteroatoms. The van der Waals surface area contributed by atoms with Crippen molar-refractivity contribution in [3.8, 4) is 0 Å². The Morgan fingerprint density at radius 3 is 1.70 bits per heavy atom. The lowest BCUT2D eigenvalue weighted by Crippen LogP contribution is -2.47. The molecule has 1 N–H and O–H groups in total. The molecule has 2 heterocycles. The molecule has 2 fully saturated rings. The Labute approximate surface area is 178 Å². The summed E-state index contributed by atoms with van der Waals surface area (Å²) in [5, 5.41) is 10.1. The van der Waals surface area contributed by atoms with Crippen LogP contribution in [0.25, 0.3) is 0 Å². The van der Waals surface area contributed by atoms with Crippen LogP contribution in [0.2, 0.25) is 0 Å². The Kier molecular flexibility index (Phi) is 5.43. The van der Waals surface area contributed by atoms with Gasteiger partial charge in [0.05, 0.1) is 12.2 Å². The number of hydrogen-bond acceptors (Lipinski definition) is 3. The van der Waals surface area contributed by atoms with E-state index in [0.29, 0.717) is 6.04 Å². The Hall–Kier alpha value is -2.46. The van der Waals surface area contributed by atoms with Gasteiger partial charge in [0.25, 0.3) is 0 Å². The third-order valence-electron chi connectivity index (χ3n) is 6.71. The number of benzene rings is 3. The van der Waals surface area contributed by atoms with Crippen molar-refractivity contribution >= 4 is 0 Å².